The monoisotopic (exact) mass is 533 g/mol. The molecule has 2 aromatic heterocycles. The van der Waals surface area contributed by atoms with Gasteiger partial charge >= 0.3 is 12.1 Å². The summed E-state index contributed by atoms with van der Waals surface area (Å²) >= 11 is 0. The minimum Gasteiger partial charge on any atom is -0.496 e. The molecule has 2 heterocycles. The Morgan fingerprint density at radius 1 is 1.18 bits per heavy atom. The number of anilines is 2. The fraction of sp³-hybridized carbons (Fsp3) is 0.385. The summed E-state index contributed by atoms with van der Waals surface area (Å²) in [6.45, 7) is 4.76. The van der Waals surface area contributed by atoms with Gasteiger partial charge in [-0.05, 0) is 31.0 Å². The minimum atomic E-state index is -4.53. The van der Waals surface area contributed by atoms with Gasteiger partial charge in [0.05, 0.1) is 19.1 Å². The Labute approximate surface area is 217 Å². The molecule has 204 valence electrons. The lowest BCUT2D eigenvalue weighted by Gasteiger charge is -2.22. The quantitative estimate of drug-likeness (QED) is 0.382. The summed E-state index contributed by atoms with van der Waals surface area (Å²) in [7, 11) is 3.08. The lowest BCUT2D eigenvalue weighted by atomic mass is 10.0. The highest BCUT2D eigenvalue weighted by molar-refractivity contribution is 5.78. The molecule has 0 aliphatic rings. The predicted octanol–water partition coefficient (Wildman–Crippen LogP) is 3.91. The van der Waals surface area contributed by atoms with Gasteiger partial charge in [0.2, 0.25) is 5.95 Å². The number of aromatic nitrogens is 3. The number of rotatable bonds is 11. The van der Waals surface area contributed by atoms with Gasteiger partial charge in [-0.3, -0.25) is 4.79 Å². The fourth-order valence-corrected chi connectivity index (χ4v) is 3.98. The van der Waals surface area contributed by atoms with Gasteiger partial charge in [0.1, 0.15) is 17.6 Å². The third kappa shape index (κ3) is 6.81. The van der Waals surface area contributed by atoms with Crippen LogP contribution in [0.15, 0.2) is 47.5 Å². The number of alkyl halides is 3. The van der Waals surface area contributed by atoms with E-state index in [1.807, 2.05) is 13.8 Å². The van der Waals surface area contributed by atoms with E-state index in [1.54, 1.807) is 48.5 Å². The summed E-state index contributed by atoms with van der Waals surface area (Å²) in [6.07, 6.45) is -3.20. The zero-order valence-corrected chi connectivity index (χ0v) is 21.5. The van der Waals surface area contributed by atoms with Crippen LogP contribution in [-0.4, -0.2) is 58.0 Å². The van der Waals surface area contributed by atoms with Crippen LogP contribution >= 0.6 is 0 Å². The topological polar surface area (TPSA) is 110 Å². The third-order valence-corrected chi connectivity index (χ3v) is 6.03. The SMILES string of the molecule is CCN(CC)c1ncc(CC(F)(F)F)c(NC(Cc2ccc(-c3c(OC)ccn(C)c3=O)cc2)C(=O)O)n1. The Balaban J connectivity index is 1.91. The van der Waals surface area contributed by atoms with Gasteiger partial charge in [0, 0.05) is 44.5 Å². The van der Waals surface area contributed by atoms with Crippen LogP contribution in [0.4, 0.5) is 24.9 Å². The molecule has 0 saturated carbocycles. The van der Waals surface area contributed by atoms with Crippen LogP contribution in [0.3, 0.4) is 0 Å². The predicted molar refractivity (Wildman–Crippen MR) is 138 cm³/mol. The van der Waals surface area contributed by atoms with Gasteiger partial charge in [0.25, 0.3) is 5.56 Å². The van der Waals surface area contributed by atoms with E-state index in [9.17, 15) is 27.9 Å². The van der Waals surface area contributed by atoms with Crippen molar-refractivity contribution < 1.29 is 27.8 Å². The molecule has 0 amide bonds. The molecule has 1 unspecified atom stereocenters. The van der Waals surface area contributed by atoms with Gasteiger partial charge in [-0.2, -0.15) is 18.2 Å². The number of carboxylic acid groups (broad SMARTS) is 1. The van der Waals surface area contributed by atoms with Crippen LogP contribution in [0.5, 0.6) is 5.75 Å². The number of nitrogens with zero attached hydrogens (tertiary/aromatic N) is 4. The summed E-state index contributed by atoms with van der Waals surface area (Å²) in [5, 5.41) is 12.6. The first-order valence-electron chi connectivity index (χ1n) is 12.0. The summed E-state index contributed by atoms with van der Waals surface area (Å²) in [5.41, 5.74) is 1.03. The minimum absolute atomic E-state index is 0.0460. The molecule has 1 aromatic carbocycles. The van der Waals surface area contributed by atoms with E-state index in [0.717, 1.165) is 6.20 Å². The van der Waals surface area contributed by atoms with Crippen LogP contribution in [0.1, 0.15) is 25.0 Å². The first-order chi connectivity index (χ1) is 18.0. The van der Waals surface area contributed by atoms with Crippen LogP contribution in [0, 0.1) is 0 Å². The number of methoxy groups -OCH3 is 1. The molecule has 0 radical (unpaired) electrons. The number of hydrogen-bond donors (Lipinski definition) is 2. The van der Waals surface area contributed by atoms with Gasteiger partial charge in [-0.1, -0.05) is 24.3 Å². The first kappa shape index (κ1) is 28.5. The first-order valence-corrected chi connectivity index (χ1v) is 12.0. The zero-order chi connectivity index (χ0) is 28.0. The zero-order valence-electron chi connectivity index (χ0n) is 21.5. The fourth-order valence-electron chi connectivity index (χ4n) is 3.98. The molecule has 9 nitrogen and oxygen atoms in total. The number of carboxylic acids is 1. The molecule has 0 aliphatic heterocycles. The summed E-state index contributed by atoms with van der Waals surface area (Å²) in [5.74, 6) is -0.833. The molecule has 3 rings (SSSR count). The number of ether oxygens (including phenoxy) is 1. The maximum absolute atomic E-state index is 13.2. The Bertz CT molecular complexity index is 1320. The number of nitrogens with one attached hydrogen (secondary N) is 1. The molecule has 0 saturated heterocycles. The van der Waals surface area contributed by atoms with E-state index < -0.39 is 24.6 Å². The van der Waals surface area contributed by atoms with E-state index >= 15 is 0 Å². The van der Waals surface area contributed by atoms with Crippen molar-refractivity contribution in [2.75, 3.05) is 30.4 Å². The van der Waals surface area contributed by atoms with Gasteiger partial charge in [-0.15, -0.1) is 0 Å². The number of hydrogen-bond acceptors (Lipinski definition) is 7. The number of aliphatic carboxylic acids is 1. The largest absolute Gasteiger partial charge is 0.496 e. The number of aryl methyl sites for hydroxylation is 1. The van der Waals surface area contributed by atoms with Crippen molar-refractivity contribution in [3.05, 3.63) is 64.2 Å². The molecule has 0 bridgehead atoms. The third-order valence-electron chi connectivity index (χ3n) is 6.03. The number of halogens is 3. The van der Waals surface area contributed by atoms with E-state index in [1.165, 1.54) is 11.7 Å². The van der Waals surface area contributed by atoms with Crippen molar-refractivity contribution in [3.8, 4) is 16.9 Å². The maximum Gasteiger partial charge on any atom is 0.393 e. The molecule has 38 heavy (non-hydrogen) atoms. The highest BCUT2D eigenvalue weighted by atomic mass is 19.4. The van der Waals surface area contributed by atoms with E-state index in [-0.39, 0.29) is 29.3 Å². The Hall–Kier alpha value is -4.09. The van der Waals surface area contributed by atoms with E-state index in [0.29, 0.717) is 35.5 Å². The molecule has 1 atom stereocenters. The molecule has 0 aliphatic carbocycles. The highest BCUT2D eigenvalue weighted by Gasteiger charge is 2.31. The van der Waals surface area contributed by atoms with Crippen LogP contribution in [0.2, 0.25) is 0 Å². The molecule has 3 aromatic rings. The molecule has 2 N–H and O–H groups in total. The Morgan fingerprint density at radius 3 is 2.39 bits per heavy atom. The van der Waals surface area contributed by atoms with Crippen LogP contribution in [-0.2, 0) is 24.7 Å². The van der Waals surface area contributed by atoms with E-state index in [4.69, 9.17) is 4.74 Å². The lowest BCUT2D eigenvalue weighted by molar-refractivity contribution is -0.137. The van der Waals surface area contributed by atoms with Gasteiger partial charge in [0.15, 0.2) is 0 Å². The second-order valence-electron chi connectivity index (χ2n) is 8.62. The highest BCUT2D eigenvalue weighted by Crippen LogP contribution is 2.28. The van der Waals surface area contributed by atoms with Gasteiger partial charge in [-0.25, -0.2) is 9.78 Å². The standard InChI is InChI=1S/C26H30F3N5O4/c1-5-34(6-2)25-30-15-18(14-26(27,28)29)22(32-25)31-19(24(36)37)13-16-7-9-17(10-8-16)21-20(38-4)11-12-33(3)23(21)35/h7-12,15,19H,5-6,13-14H2,1-4H3,(H,36,37)(H,30,31,32). The average Bonchev–Trinajstić information content (AvgIpc) is 2.87. The smallest absolute Gasteiger partial charge is 0.393 e. The molecular weight excluding hydrogens is 503 g/mol. The van der Waals surface area contributed by atoms with E-state index in [2.05, 4.69) is 15.3 Å². The van der Waals surface area contributed by atoms with Crippen molar-refractivity contribution in [2.45, 2.75) is 38.9 Å². The second kappa shape index (κ2) is 12.0. The Morgan fingerprint density at radius 2 is 1.84 bits per heavy atom. The van der Waals surface area contributed by atoms with Crippen molar-refractivity contribution in [3.63, 3.8) is 0 Å². The molecule has 0 fully saturated rings. The molecule has 0 spiro atoms. The lowest BCUT2D eigenvalue weighted by Crippen LogP contribution is -2.33. The molecule has 12 heteroatoms. The maximum atomic E-state index is 13.2. The summed E-state index contributed by atoms with van der Waals surface area (Å²) in [6, 6.07) is 7.07. The van der Waals surface area contributed by atoms with Crippen molar-refractivity contribution >= 4 is 17.7 Å². The van der Waals surface area contributed by atoms with Crippen molar-refractivity contribution in [1.29, 1.82) is 0 Å². The van der Waals surface area contributed by atoms with Crippen LogP contribution < -0.4 is 20.5 Å². The van der Waals surface area contributed by atoms with Gasteiger partial charge < -0.3 is 24.6 Å². The average molecular weight is 534 g/mol. The molecular formula is C26H30F3N5O4. The second-order valence-corrected chi connectivity index (χ2v) is 8.62. The normalized spacial score (nSPS) is 12.2. The Kier molecular flexibility index (Phi) is 8.97. The van der Waals surface area contributed by atoms with Crippen molar-refractivity contribution in [1.82, 2.24) is 14.5 Å². The number of pyridine rings is 1. The van der Waals surface area contributed by atoms with Crippen molar-refractivity contribution in [2.24, 2.45) is 7.05 Å². The summed E-state index contributed by atoms with van der Waals surface area (Å²) in [4.78, 5) is 34.8. The number of benzene rings is 1. The number of carbonyl (C=O) groups is 1. The van der Waals surface area contributed by atoms with Crippen LogP contribution in [0.25, 0.3) is 11.1 Å². The summed E-state index contributed by atoms with van der Waals surface area (Å²) < 4.78 is 46.3.